The fourth-order valence-electron chi connectivity index (χ4n) is 1.74. The van der Waals surface area contributed by atoms with Gasteiger partial charge >= 0.3 is 0 Å². The first kappa shape index (κ1) is 13.9. The number of benzene rings is 1. The molecule has 1 N–H and O–H groups in total. The number of amides is 1. The fourth-order valence-corrected chi connectivity index (χ4v) is 1.74. The Morgan fingerprint density at radius 2 is 1.75 bits per heavy atom. The number of hydrogen-bond donors (Lipinski definition) is 1. The van der Waals surface area contributed by atoms with Crippen LogP contribution in [0.5, 0.6) is 0 Å². The second-order valence-corrected chi connectivity index (χ2v) is 4.67. The SMILES string of the molecule is C/C(=N\NC(=O)c1ccc(C)c(C)c1)c1ccncc1. The zero-order valence-electron chi connectivity index (χ0n) is 11.8. The second-order valence-electron chi connectivity index (χ2n) is 4.67. The predicted molar refractivity (Wildman–Crippen MR) is 79.8 cm³/mol. The quantitative estimate of drug-likeness (QED) is 0.686. The molecule has 0 aliphatic rings. The van der Waals surface area contributed by atoms with E-state index in [9.17, 15) is 4.79 Å². The van der Waals surface area contributed by atoms with Crippen molar-refractivity contribution < 1.29 is 4.79 Å². The standard InChI is InChI=1S/C16H17N3O/c1-11-4-5-15(10-12(11)2)16(20)19-18-13(3)14-6-8-17-9-7-14/h4-10H,1-3H3,(H,19,20)/b18-13+. The molecule has 0 fully saturated rings. The lowest BCUT2D eigenvalue weighted by Gasteiger charge is -2.05. The summed E-state index contributed by atoms with van der Waals surface area (Å²) in [6.45, 7) is 5.84. The Balaban J connectivity index is 2.10. The minimum Gasteiger partial charge on any atom is -0.267 e. The summed E-state index contributed by atoms with van der Waals surface area (Å²) in [6.07, 6.45) is 3.39. The molecule has 0 saturated carbocycles. The molecular formula is C16H17N3O. The molecule has 0 unspecified atom stereocenters. The lowest BCUT2D eigenvalue weighted by Crippen LogP contribution is -2.19. The third-order valence-electron chi connectivity index (χ3n) is 3.19. The lowest BCUT2D eigenvalue weighted by molar-refractivity contribution is 0.0954. The predicted octanol–water partition coefficient (Wildman–Crippen LogP) is 2.85. The highest BCUT2D eigenvalue weighted by Crippen LogP contribution is 2.09. The van der Waals surface area contributed by atoms with E-state index in [4.69, 9.17) is 0 Å². The van der Waals surface area contributed by atoms with Gasteiger partial charge in [0.25, 0.3) is 5.91 Å². The fraction of sp³-hybridized carbons (Fsp3) is 0.188. The van der Waals surface area contributed by atoms with E-state index < -0.39 is 0 Å². The van der Waals surface area contributed by atoms with Crippen LogP contribution in [0.4, 0.5) is 0 Å². The summed E-state index contributed by atoms with van der Waals surface area (Å²) in [5, 5.41) is 4.11. The molecular weight excluding hydrogens is 250 g/mol. The van der Waals surface area contributed by atoms with Gasteiger partial charge in [0, 0.05) is 23.5 Å². The minimum atomic E-state index is -0.207. The molecule has 0 aliphatic carbocycles. The van der Waals surface area contributed by atoms with Crippen LogP contribution in [0.15, 0.2) is 47.8 Å². The summed E-state index contributed by atoms with van der Waals surface area (Å²) < 4.78 is 0. The first-order valence-corrected chi connectivity index (χ1v) is 6.40. The molecule has 1 aromatic heterocycles. The van der Waals surface area contributed by atoms with Gasteiger partial charge in [-0.2, -0.15) is 5.10 Å². The molecule has 1 aromatic carbocycles. The Morgan fingerprint density at radius 1 is 1.05 bits per heavy atom. The second kappa shape index (κ2) is 6.10. The molecule has 0 spiro atoms. The number of hydrazone groups is 1. The molecule has 0 atom stereocenters. The van der Waals surface area contributed by atoms with Crippen LogP contribution in [0.2, 0.25) is 0 Å². The maximum Gasteiger partial charge on any atom is 0.271 e. The van der Waals surface area contributed by atoms with Crippen molar-refractivity contribution in [1.82, 2.24) is 10.4 Å². The van der Waals surface area contributed by atoms with Gasteiger partial charge < -0.3 is 0 Å². The lowest BCUT2D eigenvalue weighted by atomic mass is 10.1. The van der Waals surface area contributed by atoms with Crippen molar-refractivity contribution in [3.05, 3.63) is 65.0 Å². The largest absolute Gasteiger partial charge is 0.271 e. The van der Waals surface area contributed by atoms with E-state index >= 15 is 0 Å². The van der Waals surface area contributed by atoms with Crippen molar-refractivity contribution in [3.63, 3.8) is 0 Å². The summed E-state index contributed by atoms with van der Waals surface area (Å²) in [6, 6.07) is 9.29. The van der Waals surface area contributed by atoms with Crippen LogP contribution in [-0.2, 0) is 0 Å². The Morgan fingerprint density at radius 3 is 2.40 bits per heavy atom. The maximum absolute atomic E-state index is 12.0. The molecule has 0 aliphatic heterocycles. The number of aryl methyl sites for hydroxylation is 2. The van der Waals surface area contributed by atoms with Crippen LogP contribution in [-0.4, -0.2) is 16.6 Å². The van der Waals surface area contributed by atoms with E-state index in [2.05, 4.69) is 15.5 Å². The van der Waals surface area contributed by atoms with Crippen LogP contribution >= 0.6 is 0 Å². The average Bonchev–Trinajstić information content (AvgIpc) is 2.48. The molecule has 0 saturated heterocycles. The Hall–Kier alpha value is -2.49. The molecule has 2 rings (SSSR count). The van der Waals surface area contributed by atoms with Crippen LogP contribution in [0, 0.1) is 13.8 Å². The molecule has 0 bridgehead atoms. The van der Waals surface area contributed by atoms with Gasteiger partial charge in [-0.3, -0.25) is 9.78 Å². The summed E-state index contributed by atoms with van der Waals surface area (Å²) in [5.41, 5.74) is 7.11. The smallest absolute Gasteiger partial charge is 0.267 e. The van der Waals surface area contributed by atoms with E-state index in [1.165, 1.54) is 0 Å². The van der Waals surface area contributed by atoms with Crippen LogP contribution < -0.4 is 5.43 Å². The molecule has 102 valence electrons. The van der Waals surface area contributed by atoms with Gasteiger partial charge in [-0.25, -0.2) is 5.43 Å². The van der Waals surface area contributed by atoms with E-state index in [-0.39, 0.29) is 5.91 Å². The number of hydrogen-bond acceptors (Lipinski definition) is 3. The third kappa shape index (κ3) is 3.29. The molecule has 4 heteroatoms. The molecule has 4 nitrogen and oxygen atoms in total. The highest BCUT2D eigenvalue weighted by Gasteiger charge is 2.06. The van der Waals surface area contributed by atoms with Gasteiger partial charge in [-0.1, -0.05) is 6.07 Å². The van der Waals surface area contributed by atoms with E-state index in [1.54, 1.807) is 18.5 Å². The molecule has 1 amide bonds. The van der Waals surface area contributed by atoms with Crippen molar-refractivity contribution in [2.45, 2.75) is 20.8 Å². The summed E-state index contributed by atoms with van der Waals surface area (Å²) in [4.78, 5) is 16.0. The number of rotatable bonds is 3. The van der Waals surface area contributed by atoms with Gasteiger partial charge in [-0.05, 0) is 56.2 Å². The monoisotopic (exact) mass is 267 g/mol. The zero-order chi connectivity index (χ0) is 14.5. The Labute approximate surface area is 118 Å². The van der Waals surface area contributed by atoms with Gasteiger partial charge in [0.05, 0.1) is 5.71 Å². The van der Waals surface area contributed by atoms with Crippen LogP contribution in [0.3, 0.4) is 0 Å². The number of nitrogens with one attached hydrogen (secondary N) is 1. The van der Waals surface area contributed by atoms with Crippen molar-refractivity contribution in [2.24, 2.45) is 5.10 Å². The molecule has 0 radical (unpaired) electrons. The van der Waals surface area contributed by atoms with Crippen molar-refractivity contribution in [2.75, 3.05) is 0 Å². The third-order valence-corrected chi connectivity index (χ3v) is 3.19. The van der Waals surface area contributed by atoms with Gasteiger partial charge in [0.15, 0.2) is 0 Å². The van der Waals surface area contributed by atoms with Gasteiger partial charge in [0.1, 0.15) is 0 Å². The van der Waals surface area contributed by atoms with Crippen LogP contribution in [0.1, 0.15) is 34.0 Å². The summed E-state index contributed by atoms with van der Waals surface area (Å²) in [5.74, 6) is -0.207. The molecule has 1 heterocycles. The Kier molecular flexibility index (Phi) is 4.25. The first-order chi connectivity index (χ1) is 9.58. The number of carbonyl (C=O) groups excluding carboxylic acids is 1. The van der Waals surface area contributed by atoms with E-state index in [0.717, 1.165) is 22.4 Å². The minimum absolute atomic E-state index is 0.207. The highest BCUT2D eigenvalue weighted by molar-refractivity contribution is 6.00. The topological polar surface area (TPSA) is 54.4 Å². The van der Waals surface area contributed by atoms with Crippen molar-refractivity contribution in [3.8, 4) is 0 Å². The Bertz CT molecular complexity index is 648. The van der Waals surface area contributed by atoms with Gasteiger partial charge in [-0.15, -0.1) is 0 Å². The summed E-state index contributed by atoms with van der Waals surface area (Å²) >= 11 is 0. The number of aromatic nitrogens is 1. The zero-order valence-corrected chi connectivity index (χ0v) is 11.8. The van der Waals surface area contributed by atoms with Gasteiger partial charge in [0.2, 0.25) is 0 Å². The molecule has 2 aromatic rings. The van der Waals surface area contributed by atoms with Crippen molar-refractivity contribution >= 4 is 11.6 Å². The number of pyridine rings is 1. The normalized spacial score (nSPS) is 11.2. The van der Waals surface area contributed by atoms with E-state index in [0.29, 0.717) is 5.56 Å². The number of carbonyl (C=O) groups is 1. The molecule has 20 heavy (non-hydrogen) atoms. The van der Waals surface area contributed by atoms with Crippen molar-refractivity contribution in [1.29, 1.82) is 0 Å². The maximum atomic E-state index is 12.0. The summed E-state index contributed by atoms with van der Waals surface area (Å²) in [7, 11) is 0. The number of nitrogens with zero attached hydrogens (tertiary/aromatic N) is 2. The average molecular weight is 267 g/mol. The van der Waals surface area contributed by atoms with E-state index in [1.807, 2.05) is 45.0 Å². The highest BCUT2D eigenvalue weighted by atomic mass is 16.2. The first-order valence-electron chi connectivity index (χ1n) is 6.40. The van der Waals surface area contributed by atoms with Crippen LogP contribution in [0.25, 0.3) is 0 Å².